The first-order chi connectivity index (χ1) is 9.66. The van der Waals surface area contributed by atoms with Crippen LogP contribution in [0.2, 0.25) is 10.3 Å². The molecular weight excluding hydrogens is 361 g/mol. The lowest BCUT2D eigenvalue weighted by atomic mass is 10.2. The summed E-state index contributed by atoms with van der Waals surface area (Å²) in [6.07, 6.45) is 0. The van der Waals surface area contributed by atoms with Gasteiger partial charge < -0.3 is 0 Å². The summed E-state index contributed by atoms with van der Waals surface area (Å²) in [6, 6.07) is 15.1. The maximum Gasteiger partial charge on any atom is 0.226 e. The normalized spacial score (nSPS) is 10.8. The maximum atomic E-state index is 6.18. The van der Waals surface area contributed by atoms with Gasteiger partial charge in [0.1, 0.15) is 0 Å². The predicted molar refractivity (Wildman–Crippen MR) is 84.5 cm³/mol. The van der Waals surface area contributed by atoms with Gasteiger partial charge in [0.2, 0.25) is 5.28 Å². The fourth-order valence-corrected chi connectivity index (χ4v) is 2.71. The molecule has 3 nitrogen and oxygen atoms in total. The van der Waals surface area contributed by atoms with E-state index in [9.17, 15) is 0 Å². The van der Waals surface area contributed by atoms with Crippen LogP contribution in [-0.2, 0) is 0 Å². The average molecular weight is 369 g/mol. The van der Waals surface area contributed by atoms with Crippen LogP contribution >= 0.6 is 39.1 Å². The number of aromatic nitrogens is 3. The lowest BCUT2D eigenvalue weighted by Gasteiger charge is -2.03. The molecule has 1 heterocycles. The molecule has 2 aromatic carbocycles. The van der Waals surface area contributed by atoms with Gasteiger partial charge in [0.05, 0.1) is 10.7 Å². The third-order valence-corrected chi connectivity index (χ3v) is 4.01. The van der Waals surface area contributed by atoms with Gasteiger partial charge >= 0.3 is 0 Å². The smallest absolute Gasteiger partial charge is 0.202 e. The SMILES string of the molecule is Clc1ccccc1-c1nc(Cl)n(-c2ccccc2Br)n1. The molecule has 0 saturated heterocycles. The summed E-state index contributed by atoms with van der Waals surface area (Å²) >= 11 is 15.8. The van der Waals surface area contributed by atoms with Crippen molar-refractivity contribution in [3.05, 3.63) is 63.3 Å². The van der Waals surface area contributed by atoms with Gasteiger partial charge in [-0.1, -0.05) is 35.9 Å². The summed E-state index contributed by atoms with van der Waals surface area (Å²) in [7, 11) is 0. The third-order valence-electron chi connectivity index (χ3n) is 2.76. The number of hydrogen-bond acceptors (Lipinski definition) is 2. The highest BCUT2D eigenvalue weighted by Crippen LogP contribution is 2.28. The summed E-state index contributed by atoms with van der Waals surface area (Å²) in [5.41, 5.74) is 1.57. The van der Waals surface area contributed by atoms with E-state index in [0.717, 1.165) is 15.7 Å². The van der Waals surface area contributed by atoms with Gasteiger partial charge in [-0.3, -0.25) is 0 Å². The zero-order chi connectivity index (χ0) is 14.1. The van der Waals surface area contributed by atoms with E-state index >= 15 is 0 Å². The Hall–Kier alpha value is -1.36. The summed E-state index contributed by atoms with van der Waals surface area (Å²) < 4.78 is 2.46. The highest BCUT2D eigenvalue weighted by molar-refractivity contribution is 9.10. The van der Waals surface area contributed by atoms with Crippen LogP contribution in [0.25, 0.3) is 17.1 Å². The Morgan fingerprint density at radius 1 is 0.950 bits per heavy atom. The molecule has 0 saturated carbocycles. The minimum absolute atomic E-state index is 0.284. The first kappa shape index (κ1) is 13.6. The minimum atomic E-state index is 0.284. The van der Waals surface area contributed by atoms with Crippen LogP contribution in [0.3, 0.4) is 0 Å². The summed E-state index contributed by atoms with van der Waals surface area (Å²) in [6.45, 7) is 0. The van der Waals surface area contributed by atoms with Crippen molar-refractivity contribution in [3.63, 3.8) is 0 Å². The van der Waals surface area contributed by atoms with Crippen LogP contribution in [0, 0.1) is 0 Å². The largest absolute Gasteiger partial charge is 0.226 e. The minimum Gasteiger partial charge on any atom is -0.202 e. The molecule has 6 heteroatoms. The van der Waals surface area contributed by atoms with Crippen molar-refractivity contribution in [2.24, 2.45) is 0 Å². The van der Waals surface area contributed by atoms with Crippen LogP contribution < -0.4 is 0 Å². The molecule has 100 valence electrons. The monoisotopic (exact) mass is 367 g/mol. The van der Waals surface area contributed by atoms with E-state index in [4.69, 9.17) is 23.2 Å². The van der Waals surface area contributed by atoms with E-state index in [1.807, 2.05) is 42.5 Å². The zero-order valence-electron chi connectivity index (χ0n) is 10.1. The van der Waals surface area contributed by atoms with Crippen LogP contribution in [0.1, 0.15) is 0 Å². The quantitative estimate of drug-likeness (QED) is 0.636. The van der Waals surface area contributed by atoms with Gasteiger partial charge in [-0.25, -0.2) is 4.68 Å². The van der Waals surface area contributed by atoms with Crippen molar-refractivity contribution >= 4 is 39.1 Å². The van der Waals surface area contributed by atoms with E-state index in [1.54, 1.807) is 10.7 Å². The van der Waals surface area contributed by atoms with Gasteiger partial charge in [-0.2, -0.15) is 4.98 Å². The van der Waals surface area contributed by atoms with Crippen molar-refractivity contribution in [3.8, 4) is 17.1 Å². The zero-order valence-corrected chi connectivity index (χ0v) is 13.2. The molecular formula is C14H8BrCl2N3. The van der Waals surface area contributed by atoms with Gasteiger partial charge in [0.15, 0.2) is 5.82 Å². The summed E-state index contributed by atoms with van der Waals surface area (Å²) in [5.74, 6) is 0.497. The van der Waals surface area contributed by atoms with E-state index in [0.29, 0.717) is 10.8 Å². The Morgan fingerprint density at radius 2 is 1.65 bits per heavy atom. The van der Waals surface area contributed by atoms with Crippen LogP contribution in [0.15, 0.2) is 53.0 Å². The number of halogens is 3. The van der Waals surface area contributed by atoms with Crippen LogP contribution in [0.5, 0.6) is 0 Å². The van der Waals surface area contributed by atoms with Crippen molar-refractivity contribution < 1.29 is 0 Å². The fraction of sp³-hybridized carbons (Fsp3) is 0. The molecule has 3 aromatic rings. The Balaban J connectivity index is 2.13. The highest BCUT2D eigenvalue weighted by Gasteiger charge is 2.14. The second-order valence-corrected chi connectivity index (χ2v) is 5.65. The topological polar surface area (TPSA) is 30.7 Å². The number of rotatable bonds is 2. The molecule has 0 bridgehead atoms. The maximum absolute atomic E-state index is 6.18. The first-order valence-corrected chi connectivity index (χ1v) is 7.34. The molecule has 0 aliphatic heterocycles. The third kappa shape index (κ3) is 2.46. The second-order valence-electron chi connectivity index (χ2n) is 4.05. The summed E-state index contributed by atoms with van der Waals surface area (Å²) in [4.78, 5) is 4.27. The molecule has 0 spiro atoms. The highest BCUT2D eigenvalue weighted by atomic mass is 79.9. The Labute approximate surface area is 134 Å². The van der Waals surface area contributed by atoms with Crippen molar-refractivity contribution in [2.45, 2.75) is 0 Å². The molecule has 0 radical (unpaired) electrons. The molecule has 1 aromatic heterocycles. The Bertz CT molecular complexity index is 771. The van der Waals surface area contributed by atoms with Gasteiger partial charge in [0, 0.05) is 10.0 Å². The van der Waals surface area contributed by atoms with Crippen molar-refractivity contribution in [1.29, 1.82) is 0 Å². The molecule has 0 aliphatic carbocycles. The first-order valence-electron chi connectivity index (χ1n) is 5.79. The number of hydrogen-bond donors (Lipinski definition) is 0. The van der Waals surface area contributed by atoms with E-state index in [1.165, 1.54) is 0 Å². The van der Waals surface area contributed by atoms with Crippen molar-refractivity contribution in [1.82, 2.24) is 14.8 Å². The molecule has 0 N–H and O–H groups in total. The Kier molecular flexibility index (Phi) is 3.78. The molecule has 0 unspecified atom stereocenters. The summed E-state index contributed by atoms with van der Waals surface area (Å²) in [5, 5.41) is 5.31. The van der Waals surface area contributed by atoms with Gasteiger partial charge in [-0.15, -0.1) is 5.10 Å². The standard InChI is InChI=1S/C14H8BrCl2N3/c15-10-6-2-4-8-12(10)20-14(17)18-13(19-20)9-5-1-3-7-11(9)16/h1-8H. The molecule has 3 rings (SSSR count). The second kappa shape index (κ2) is 5.56. The number of nitrogens with zero attached hydrogens (tertiary/aromatic N) is 3. The number of benzene rings is 2. The average Bonchev–Trinajstić information content (AvgIpc) is 2.81. The molecule has 0 aliphatic rings. The predicted octanol–water partition coefficient (Wildman–Crippen LogP) is 5.00. The fourth-order valence-electron chi connectivity index (χ4n) is 1.83. The van der Waals surface area contributed by atoms with E-state index in [2.05, 4.69) is 26.0 Å². The molecule has 0 fully saturated rings. The van der Waals surface area contributed by atoms with Crippen LogP contribution in [-0.4, -0.2) is 14.8 Å². The molecule has 0 amide bonds. The Morgan fingerprint density at radius 3 is 2.40 bits per heavy atom. The van der Waals surface area contributed by atoms with E-state index in [-0.39, 0.29) is 5.28 Å². The van der Waals surface area contributed by atoms with Crippen LogP contribution in [0.4, 0.5) is 0 Å². The lowest BCUT2D eigenvalue weighted by Crippen LogP contribution is -1.97. The van der Waals surface area contributed by atoms with Gasteiger partial charge in [0.25, 0.3) is 0 Å². The van der Waals surface area contributed by atoms with E-state index < -0.39 is 0 Å². The molecule has 20 heavy (non-hydrogen) atoms. The van der Waals surface area contributed by atoms with Crippen molar-refractivity contribution in [2.75, 3.05) is 0 Å². The lowest BCUT2D eigenvalue weighted by molar-refractivity contribution is 0.878. The molecule has 0 atom stereocenters. The number of para-hydroxylation sites is 1. The van der Waals surface area contributed by atoms with Gasteiger partial charge in [-0.05, 0) is 51.8 Å².